The molecule has 0 saturated carbocycles. The molecule has 1 heterocycles. The molecule has 2 aromatic rings. The molecule has 0 spiro atoms. The fourth-order valence-corrected chi connectivity index (χ4v) is 5.42. The lowest BCUT2D eigenvalue weighted by molar-refractivity contribution is 0.0799. The molecule has 1 aliphatic rings. The fourth-order valence-electron chi connectivity index (χ4n) is 3.96. The van der Waals surface area contributed by atoms with Crippen LogP contribution in [0.2, 0.25) is 5.02 Å². The Morgan fingerprint density at radius 1 is 0.967 bits per heavy atom. The van der Waals surface area contributed by atoms with Crippen molar-refractivity contribution < 1.29 is 8.42 Å². The van der Waals surface area contributed by atoms with Crippen LogP contribution in [0.3, 0.4) is 0 Å². The van der Waals surface area contributed by atoms with Crippen LogP contribution in [0.4, 0.5) is 0 Å². The van der Waals surface area contributed by atoms with Crippen LogP contribution >= 0.6 is 11.6 Å². The van der Waals surface area contributed by atoms with Crippen molar-refractivity contribution in [3.05, 3.63) is 70.7 Å². The topological polar surface area (TPSA) is 47.1 Å². The molecule has 0 aliphatic carbocycles. The standard InChI is InChI=1S/C22H31ClN4O2S/c1-24(2)15-8-16-26-17-21(18-9-6-5-7-10-18)22(19-11-13-20(23)14-12-19)27(26)30(28,29)25(3)4/h5-7,9-14,21-22H,8,15-17H2,1-4H3. The highest BCUT2D eigenvalue weighted by Gasteiger charge is 2.48. The number of halogens is 1. The molecule has 6 nitrogen and oxygen atoms in total. The highest BCUT2D eigenvalue weighted by Crippen LogP contribution is 2.45. The number of benzene rings is 2. The van der Waals surface area contributed by atoms with Crippen LogP contribution in [-0.4, -0.2) is 74.9 Å². The van der Waals surface area contributed by atoms with Crippen LogP contribution in [0.25, 0.3) is 0 Å². The quantitative estimate of drug-likeness (QED) is 0.618. The van der Waals surface area contributed by atoms with Gasteiger partial charge in [0, 0.05) is 38.1 Å². The van der Waals surface area contributed by atoms with Gasteiger partial charge in [-0.1, -0.05) is 54.1 Å². The molecular weight excluding hydrogens is 420 g/mol. The van der Waals surface area contributed by atoms with Gasteiger partial charge < -0.3 is 4.90 Å². The summed E-state index contributed by atoms with van der Waals surface area (Å²) in [5.74, 6) is 0.0152. The zero-order chi connectivity index (χ0) is 21.9. The average molecular weight is 451 g/mol. The van der Waals surface area contributed by atoms with Gasteiger partial charge >= 0.3 is 0 Å². The van der Waals surface area contributed by atoms with E-state index >= 15 is 0 Å². The molecule has 30 heavy (non-hydrogen) atoms. The summed E-state index contributed by atoms with van der Waals surface area (Å²) in [5.41, 5.74) is 2.07. The Morgan fingerprint density at radius 3 is 2.17 bits per heavy atom. The smallest absolute Gasteiger partial charge is 0.295 e. The molecule has 2 atom stereocenters. The van der Waals surface area contributed by atoms with Crippen molar-refractivity contribution in [1.82, 2.24) is 18.6 Å². The average Bonchev–Trinajstić information content (AvgIpc) is 3.09. The van der Waals surface area contributed by atoms with Crippen molar-refractivity contribution >= 4 is 21.8 Å². The summed E-state index contributed by atoms with van der Waals surface area (Å²) in [7, 11) is 3.55. The minimum atomic E-state index is -3.68. The van der Waals surface area contributed by atoms with Crippen LogP contribution in [0.5, 0.6) is 0 Å². The number of hydrogen-bond donors (Lipinski definition) is 0. The molecule has 0 aromatic heterocycles. The summed E-state index contributed by atoms with van der Waals surface area (Å²) in [6.45, 7) is 2.20. The summed E-state index contributed by atoms with van der Waals surface area (Å²) in [6, 6.07) is 17.4. The third-order valence-corrected chi connectivity index (χ3v) is 7.57. The molecule has 1 saturated heterocycles. The first-order valence-corrected chi connectivity index (χ1v) is 11.9. The van der Waals surface area contributed by atoms with Gasteiger partial charge in [-0.3, -0.25) is 0 Å². The molecule has 0 N–H and O–H groups in total. The molecule has 0 radical (unpaired) electrons. The minimum absolute atomic E-state index is 0.0152. The molecule has 164 valence electrons. The Hall–Kier alpha value is -1.48. The first kappa shape index (κ1) is 23.2. The second kappa shape index (κ2) is 9.77. The molecule has 2 unspecified atom stereocenters. The van der Waals surface area contributed by atoms with E-state index < -0.39 is 10.2 Å². The van der Waals surface area contributed by atoms with Gasteiger partial charge in [-0.25, -0.2) is 5.01 Å². The molecule has 8 heteroatoms. The first-order valence-electron chi connectivity index (χ1n) is 10.1. The van der Waals surface area contributed by atoms with Crippen molar-refractivity contribution in [2.24, 2.45) is 0 Å². The van der Waals surface area contributed by atoms with Gasteiger partial charge in [-0.2, -0.15) is 12.7 Å². The lowest BCUT2D eigenvalue weighted by Crippen LogP contribution is -2.48. The summed E-state index contributed by atoms with van der Waals surface area (Å²) in [5, 5.41) is 2.63. The molecule has 1 fully saturated rings. The Morgan fingerprint density at radius 2 is 1.60 bits per heavy atom. The highest BCUT2D eigenvalue weighted by atomic mass is 35.5. The van der Waals surface area contributed by atoms with E-state index in [4.69, 9.17) is 11.6 Å². The maximum Gasteiger partial charge on any atom is 0.295 e. The third kappa shape index (κ3) is 5.04. The van der Waals surface area contributed by atoms with E-state index in [1.165, 1.54) is 4.31 Å². The van der Waals surface area contributed by atoms with Crippen molar-refractivity contribution in [2.45, 2.75) is 18.4 Å². The Bertz CT molecular complexity index is 920. The second-order valence-corrected chi connectivity index (χ2v) is 10.6. The molecule has 0 amide bonds. The van der Waals surface area contributed by atoms with Gasteiger partial charge in [0.2, 0.25) is 0 Å². The van der Waals surface area contributed by atoms with E-state index in [2.05, 4.69) is 17.0 Å². The first-order chi connectivity index (χ1) is 14.2. The van der Waals surface area contributed by atoms with Crippen molar-refractivity contribution in [3.63, 3.8) is 0 Å². The third-order valence-electron chi connectivity index (χ3n) is 5.46. The second-order valence-electron chi connectivity index (χ2n) is 8.15. The molecule has 0 bridgehead atoms. The Kier molecular flexibility index (Phi) is 7.55. The zero-order valence-corrected chi connectivity index (χ0v) is 19.6. The largest absolute Gasteiger partial charge is 0.309 e. The van der Waals surface area contributed by atoms with Crippen LogP contribution < -0.4 is 0 Å². The number of nitrogens with zero attached hydrogens (tertiary/aromatic N) is 4. The summed E-state index contributed by atoms with van der Waals surface area (Å²) >= 11 is 6.12. The van der Waals surface area contributed by atoms with Gasteiger partial charge in [0.05, 0.1) is 6.04 Å². The van der Waals surface area contributed by atoms with Crippen LogP contribution in [0.1, 0.15) is 29.5 Å². The number of hydrogen-bond acceptors (Lipinski definition) is 4. The van der Waals surface area contributed by atoms with Gasteiger partial charge in [0.15, 0.2) is 0 Å². The van der Waals surface area contributed by atoms with Crippen molar-refractivity contribution in [1.29, 1.82) is 0 Å². The maximum atomic E-state index is 13.4. The maximum absolute atomic E-state index is 13.4. The van der Waals surface area contributed by atoms with Gasteiger partial charge in [-0.15, -0.1) is 4.41 Å². The Balaban J connectivity index is 2.07. The monoisotopic (exact) mass is 450 g/mol. The van der Waals surface area contributed by atoms with Crippen LogP contribution in [0, 0.1) is 0 Å². The van der Waals surface area contributed by atoms with E-state index in [1.54, 1.807) is 18.5 Å². The van der Waals surface area contributed by atoms with E-state index in [1.807, 2.05) is 61.6 Å². The fraction of sp³-hybridized carbons (Fsp3) is 0.455. The predicted molar refractivity (Wildman–Crippen MR) is 123 cm³/mol. The zero-order valence-electron chi connectivity index (χ0n) is 18.1. The van der Waals surface area contributed by atoms with Crippen molar-refractivity contribution in [2.75, 3.05) is 47.8 Å². The van der Waals surface area contributed by atoms with E-state index in [-0.39, 0.29) is 12.0 Å². The van der Waals surface area contributed by atoms with Crippen LogP contribution in [-0.2, 0) is 10.2 Å². The lowest BCUT2D eigenvalue weighted by atomic mass is 9.89. The predicted octanol–water partition coefficient (Wildman–Crippen LogP) is 3.46. The number of hydrazine groups is 1. The van der Waals surface area contributed by atoms with Gasteiger partial charge in [0.25, 0.3) is 10.2 Å². The van der Waals surface area contributed by atoms with E-state index in [0.29, 0.717) is 18.1 Å². The van der Waals surface area contributed by atoms with E-state index in [9.17, 15) is 8.42 Å². The lowest BCUT2D eigenvalue weighted by Gasteiger charge is -2.34. The Labute approximate surface area is 185 Å². The summed E-state index contributed by atoms with van der Waals surface area (Å²) in [6.07, 6.45) is 0.876. The molecule has 3 rings (SSSR count). The highest BCUT2D eigenvalue weighted by molar-refractivity contribution is 7.86. The normalized spacial score (nSPS) is 21.0. The van der Waals surface area contributed by atoms with Crippen molar-refractivity contribution in [3.8, 4) is 0 Å². The van der Waals surface area contributed by atoms with Gasteiger partial charge in [0.1, 0.15) is 0 Å². The molecule has 2 aromatic carbocycles. The summed E-state index contributed by atoms with van der Waals surface area (Å²) < 4.78 is 29.8. The molecular formula is C22H31ClN4O2S. The molecule has 1 aliphatic heterocycles. The minimum Gasteiger partial charge on any atom is -0.309 e. The van der Waals surface area contributed by atoms with Gasteiger partial charge in [-0.05, 0) is 50.3 Å². The van der Waals surface area contributed by atoms with E-state index in [0.717, 1.165) is 24.1 Å². The summed E-state index contributed by atoms with van der Waals surface area (Å²) in [4.78, 5) is 2.12. The van der Waals surface area contributed by atoms with Crippen LogP contribution in [0.15, 0.2) is 54.6 Å². The number of rotatable bonds is 8. The SMILES string of the molecule is CN(C)CCCN1CC(c2ccccc2)C(c2ccc(Cl)cc2)N1S(=O)(=O)N(C)C.